The molecule has 0 aromatic heterocycles. The average molecular weight is 429 g/mol. The molecule has 1 aliphatic rings. The number of piperidine rings is 1. The monoisotopic (exact) mass is 428 g/mol. The van der Waals surface area contributed by atoms with Crippen molar-refractivity contribution in [2.75, 3.05) is 13.7 Å². The number of methoxy groups -OCH3 is 1. The second-order valence-electron chi connectivity index (χ2n) is 7.58. The van der Waals surface area contributed by atoms with Crippen LogP contribution in [-0.4, -0.2) is 30.4 Å². The fraction of sp³-hybridized carbons (Fsp3) is 0.417. The quantitative estimate of drug-likeness (QED) is 0.660. The van der Waals surface area contributed by atoms with Crippen LogP contribution in [0.4, 0.5) is 0 Å². The first-order valence-electron chi connectivity index (χ1n) is 10.5. The van der Waals surface area contributed by atoms with Crippen molar-refractivity contribution in [3.05, 3.63) is 64.7 Å². The van der Waals surface area contributed by atoms with E-state index in [0.717, 1.165) is 24.0 Å². The van der Waals surface area contributed by atoms with Gasteiger partial charge in [0.25, 0.3) is 0 Å². The van der Waals surface area contributed by atoms with Gasteiger partial charge in [0.05, 0.1) is 19.1 Å². The molecule has 6 heteroatoms. The summed E-state index contributed by atoms with van der Waals surface area (Å²) < 4.78 is 5.57. The van der Waals surface area contributed by atoms with E-state index in [9.17, 15) is 9.59 Å². The van der Waals surface area contributed by atoms with Gasteiger partial charge in [0.1, 0.15) is 5.75 Å². The van der Waals surface area contributed by atoms with Gasteiger partial charge in [-0.25, -0.2) is 0 Å². The van der Waals surface area contributed by atoms with E-state index in [1.165, 1.54) is 0 Å². The van der Waals surface area contributed by atoms with Gasteiger partial charge in [-0.2, -0.15) is 0 Å². The van der Waals surface area contributed by atoms with Crippen LogP contribution in [0.25, 0.3) is 0 Å². The van der Waals surface area contributed by atoms with E-state index < -0.39 is 0 Å². The summed E-state index contributed by atoms with van der Waals surface area (Å²) in [4.78, 5) is 27.9. The fourth-order valence-electron chi connectivity index (χ4n) is 4.07. The Morgan fingerprint density at radius 1 is 1.20 bits per heavy atom. The third-order valence-corrected chi connectivity index (χ3v) is 6.03. The van der Waals surface area contributed by atoms with Crippen molar-refractivity contribution in [2.24, 2.45) is 5.92 Å². The molecule has 0 saturated carbocycles. The minimum absolute atomic E-state index is 0.0696. The van der Waals surface area contributed by atoms with Crippen LogP contribution in [0, 0.1) is 5.92 Å². The number of nitrogens with one attached hydrogen (secondary N) is 1. The van der Waals surface area contributed by atoms with E-state index in [2.05, 4.69) is 12.2 Å². The van der Waals surface area contributed by atoms with Gasteiger partial charge in [-0.05, 0) is 30.5 Å². The molecule has 1 saturated heterocycles. The van der Waals surface area contributed by atoms with Crippen molar-refractivity contribution >= 4 is 23.4 Å². The molecule has 160 valence electrons. The van der Waals surface area contributed by atoms with Gasteiger partial charge in [0.2, 0.25) is 11.8 Å². The third kappa shape index (κ3) is 4.96. The molecule has 0 bridgehead atoms. The molecule has 0 unspecified atom stereocenters. The first kappa shape index (κ1) is 22.2. The van der Waals surface area contributed by atoms with Gasteiger partial charge >= 0.3 is 0 Å². The summed E-state index contributed by atoms with van der Waals surface area (Å²) >= 11 is 6.24. The van der Waals surface area contributed by atoms with Crippen LogP contribution >= 0.6 is 11.6 Å². The van der Waals surface area contributed by atoms with Crippen molar-refractivity contribution in [1.29, 1.82) is 0 Å². The van der Waals surface area contributed by atoms with Gasteiger partial charge in [-0.1, -0.05) is 61.3 Å². The van der Waals surface area contributed by atoms with Gasteiger partial charge < -0.3 is 15.0 Å². The van der Waals surface area contributed by atoms with Gasteiger partial charge in [-0.3, -0.25) is 9.59 Å². The molecule has 1 aliphatic heterocycles. The lowest BCUT2D eigenvalue weighted by Crippen LogP contribution is -2.48. The maximum atomic E-state index is 13.3. The smallest absolute Gasteiger partial charge is 0.225 e. The summed E-state index contributed by atoms with van der Waals surface area (Å²) in [5, 5.41) is 3.66. The molecule has 2 aromatic rings. The Labute approximate surface area is 183 Å². The fourth-order valence-corrected chi connectivity index (χ4v) is 4.27. The molecule has 1 fully saturated rings. The Morgan fingerprint density at radius 3 is 2.67 bits per heavy atom. The number of benzene rings is 2. The second-order valence-corrected chi connectivity index (χ2v) is 7.99. The lowest BCUT2D eigenvalue weighted by atomic mass is 9.83. The molecule has 1 heterocycles. The molecule has 2 aromatic carbocycles. The van der Waals surface area contributed by atoms with Crippen molar-refractivity contribution in [1.82, 2.24) is 10.2 Å². The van der Waals surface area contributed by atoms with Crippen molar-refractivity contribution < 1.29 is 14.3 Å². The summed E-state index contributed by atoms with van der Waals surface area (Å²) in [7, 11) is 1.62. The number of rotatable bonds is 8. The molecule has 3 rings (SSSR count). The van der Waals surface area contributed by atoms with Gasteiger partial charge in [0, 0.05) is 30.1 Å². The van der Waals surface area contributed by atoms with Crippen LogP contribution < -0.4 is 10.1 Å². The highest BCUT2D eigenvalue weighted by molar-refractivity contribution is 6.31. The van der Waals surface area contributed by atoms with Gasteiger partial charge in [0.15, 0.2) is 0 Å². The molecule has 2 amide bonds. The number of para-hydroxylation sites is 1. The summed E-state index contributed by atoms with van der Waals surface area (Å²) in [6, 6.07) is 14.8. The summed E-state index contributed by atoms with van der Waals surface area (Å²) in [6.45, 7) is 3.09. The minimum atomic E-state index is -0.349. The molecule has 0 radical (unpaired) electrons. The van der Waals surface area contributed by atoms with Crippen LogP contribution in [0.1, 0.15) is 49.8 Å². The van der Waals surface area contributed by atoms with Crippen molar-refractivity contribution in [2.45, 2.75) is 45.2 Å². The lowest BCUT2D eigenvalue weighted by molar-refractivity contribution is -0.143. The Kier molecular flexibility index (Phi) is 7.75. The van der Waals surface area contributed by atoms with E-state index in [1.807, 2.05) is 53.4 Å². The number of hydrogen-bond donors (Lipinski definition) is 1. The number of unbranched alkanes of at least 4 members (excludes halogenated alkanes) is 1. The molecule has 0 aliphatic carbocycles. The number of carbonyl (C=O) groups excluding carboxylic acids is 2. The third-order valence-electron chi connectivity index (χ3n) is 5.66. The highest BCUT2D eigenvalue weighted by Crippen LogP contribution is 2.40. The van der Waals surface area contributed by atoms with Crippen LogP contribution in [-0.2, 0) is 16.1 Å². The number of carbonyl (C=O) groups is 2. The predicted octanol–water partition coefficient (Wildman–Crippen LogP) is 4.74. The number of likely N-dealkylation sites (tertiary alicyclic amines) is 1. The molecule has 0 spiro atoms. The first-order chi connectivity index (χ1) is 14.6. The highest BCUT2D eigenvalue weighted by atomic mass is 35.5. The van der Waals surface area contributed by atoms with E-state index in [4.69, 9.17) is 16.3 Å². The number of halogens is 1. The maximum absolute atomic E-state index is 13.3. The molecule has 30 heavy (non-hydrogen) atoms. The summed E-state index contributed by atoms with van der Waals surface area (Å²) in [5.41, 5.74) is 1.75. The largest absolute Gasteiger partial charge is 0.496 e. The van der Waals surface area contributed by atoms with E-state index in [1.54, 1.807) is 7.11 Å². The Morgan fingerprint density at radius 2 is 1.93 bits per heavy atom. The standard InChI is InChI=1S/C24H29ClN2O3/c1-3-4-15-27-22(28)14-13-19(23(27)18-10-6-8-12-21(18)30-2)24(29)26-16-17-9-5-7-11-20(17)25/h5-12,19,23H,3-4,13-16H2,1-2H3,(H,26,29)/t19-,23+/m0/s1. The van der Waals surface area contributed by atoms with E-state index in [0.29, 0.717) is 36.7 Å². The minimum Gasteiger partial charge on any atom is -0.496 e. The average Bonchev–Trinajstić information content (AvgIpc) is 2.77. The normalized spacial score (nSPS) is 18.9. The number of hydrogen-bond acceptors (Lipinski definition) is 3. The number of nitrogens with zero attached hydrogens (tertiary/aromatic N) is 1. The van der Waals surface area contributed by atoms with Gasteiger partial charge in [-0.15, -0.1) is 0 Å². The van der Waals surface area contributed by atoms with E-state index >= 15 is 0 Å². The molecule has 2 atom stereocenters. The summed E-state index contributed by atoms with van der Waals surface area (Å²) in [6.07, 6.45) is 2.76. The summed E-state index contributed by atoms with van der Waals surface area (Å²) in [5.74, 6) is 0.371. The van der Waals surface area contributed by atoms with Crippen molar-refractivity contribution in [3.63, 3.8) is 0 Å². The molecule has 5 nitrogen and oxygen atoms in total. The number of amides is 2. The topological polar surface area (TPSA) is 58.6 Å². The maximum Gasteiger partial charge on any atom is 0.225 e. The highest BCUT2D eigenvalue weighted by Gasteiger charge is 2.41. The molecular weight excluding hydrogens is 400 g/mol. The van der Waals surface area contributed by atoms with Crippen LogP contribution in [0.15, 0.2) is 48.5 Å². The Bertz CT molecular complexity index is 886. The number of ether oxygens (including phenoxy) is 1. The Hall–Kier alpha value is -2.53. The van der Waals surface area contributed by atoms with Crippen LogP contribution in [0.5, 0.6) is 5.75 Å². The zero-order valence-electron chi connectivity index (χ0n) is 17.6. The van der Waals surface area contributed by atoms with Crippen molar-refractivity contribution in [3.8, 4) is 5.75 Å². The lowest BCUT2D eigenvalue weighted by Gasteiger charge is -2.41. The molecular formula is C24H29ClN2O3. The predicted molar refractivity (Wildman–Crippen MR) is 118 cm³/mol. The van der Waals surface area contributed by atoms with E-state index in [-0.39, 0.29) is 23.8 Å². The zero-order chi connectivity index (χ0) is 21.5. The first-order valence-corrected chi connectivity index (χ1v) is 10.9. The SMILES string of the molecule is CCCCN1C(=O)CC[C@H](C(=O)NCc2ccccc2Cl)[C@H]1c1ccccc1OC. The Balaban J connectivity index is 1.88. The molecule has 1 N–H and O–H groups in total. The zero-order valence-corrected chi connectivity index (χ0v) is 18.3. The second kappa shape index (κ2) is 10.5. The van der Waals surface area contributed by atoms with Crippen LogP contribution in [0.3, 0.4) is 0 Å². The van der Waals surface area contributed by atoms with Crippen LogP contribution in [0.2, 0.25) is 5.02 Å².